The number of halogens is 4. The molecule has 0 unspecified atom stereocenters. The highest BCUT2D eigenvalue weighted by atomic mass is 32.2. The average molecular weight is 196 g/mol. The normalized spacial score (nSPS) is 10.8. The Kier molecular flexibility index (Phi) is 2.97. The summed E-state index contributed by atoms with van der Waals surface area (Å²) in [5.41, 5.74) is 0. The zero-order chi connectivity index (χ0) is 9.14. The molecule has 0 saturated carbocycles. The van der Waals surface area contributed by atoms with Gasteiger partial charge in [0.1, 0.15) is 11.6 Å². The van der Waals surface area contributed by atoms with E-state index in [9.17, 15) is 17.6 Å². The third-order valence-electron chi connectivity index (χ3n) is 1.11. The van der Waals surface area contributed by atoms with E-state index in [0.29, 0.717) is 6.07 Å². The number of hydrogen-bond acceptors (Lipinski definition) is 1. The van der Waals surface area contributed by atoms with Gasteiger partial charge < -0.3 is 0 Å². The Morgan fingerprint density at radius 1 is 1.17 bits per heavy atom. The lowest BCUT2D eigenvalue weighted by Crippen LogP contribution is -1.87. The van der Waals surface area contributed by atoms with Crippen LogP contribution in [0.3, 0.4) is 0 Å². The van der Waals surface area contributed by atoms with Gasteiger partial charge in [0.05, 0.1) is 0 Å². The predicted molar refractivity (Wildman–Crippen MR) is 38.2 cm³/mol. The SMILES string of the molecule is Fc1ccc(SC(F)F)c(F)c1. The molecule has 0 bridgehead atoms. The zero-order valence-corrected chi connectivity index (χ0v) is 6.55. The van der Waals surface area contributed by atoms with E-state index < -0.39 is 17.4 Å². The molecule has 0 fully saturated rings. The van der Waals surface area contributed by atoms with Crippen LogP contribution in [0.15, 0.2) is 23.1 Å². The number of benzene rings is 1. The van der Waals surface area contributed by atoms with Crippen molar-refractivity contribution in [1.82, 2.24) is 0 Å². The van der Waals surface area contributed by atoms with Crippen LogP contribution in [-0.4, -0.2) is 5.76 Å². The minimum Gasteiger partial charge on any atom is -0.207 e. The second kappa shape index (κ2) is 3.80. The van der Waals surface area contributed by atoms with Crippen molar-refractivity contribution in [1.29, 1.82) is 0 Å². The van der Waals surface area contributed by atoms with Crippen molar-refractivity contribution in [2.45, 2.75) is 10.7 Å². The summed E-state index contributed by atoms with van der Waals surface area (Å²) in [6.45, 7) is 0. The quantitative estimate of drug-likeness (QED) is 0.516. The van der Waals surface area contributed by atoms with Crippen molar-refractivity contribution in [2.24, 2.45) is 0 Å². The second-order valence-corrected chi connectivity index (χ2v) is 2.99. The Bertz CT molecular complexity index is 274. The fourth-order valence-corrected chi connectivity index (χ4v) is 1.18. The van der Waals surface area contributed by atoms with Crippen LogP contribution in [0.2, 0.25) is 0 Å². The van der Waals surface area contributed by atoms with Crippen molar-refractivity contribution < 1.29 is 17.6 Å². The summed E-state index contributed by atoms with van der Waals surface area (Å²) in [7, 11) is 0. The van der Waals surface area contributed by atoms with Crippen LogP contribution in [0.25, 0.3) is 0 Å². The molecule has 0 aromatic heterocycles. The lowest BCUT2D eigenvalue weighted by atomic mass is 10.3. The molecule has 1 rings (SSSR count). The fraction of sp³-hybridized carbons (Fsp3) is 0.143. The summed E-state index contributed by atoms with van der Waals surface area (Å²) in [5, 5.41) is 0. The predicted octanol–water partition coefficient (Wildman–Crippen LogP) is 3.28. The number of thioether (sulfide) groups is 1. The van der Waals surface area contributed by atoms with Gasteiger partial charge in [0, 0.05) is 11.0 Å². The summed E-state index contributed by atoms with van der Waals surface area (Å²) in [5.74, 6) is -4.42. The molecular formula is C7H4F4S. The standard InChI is InChI=1S/C7H4F4S/c8-4-1-2-6(5(9)3-4)12-7(10)11/h1-3,7H. The van der Waals surface area contributed by atoms with Gasteiger partial charge in [-0.15, -0.1) is 0 Å². The lowest BCUT2D eigenvalue weighted by Gasteiger charge is -2.00. The molecule has 0 nitrogen and oxygen atoms in total. The smallest absolute Gasteiger partial charge is 0.207 e. The molecule has 12 heavy (non-hydrogen) atoms. The first kappa shape index (κ1) is 9.38. The Morgan fingerprint density at radius 3 is 2.33 bits per heavy atom. The molecule has 0 aliphatic heterocycles. The molecule has 0 aliphatic carbocycles. The Labute approximate surface area is 70.6 Å². The van der Waals surface area contributed by atoms with Gasteiger partial charge in [0.15, 0.2) is 0 Å². The molecule has 0 amide bonds. The maximum Gasteiger partial charge on any atom is 0.289 e. The largest absolute Gasteiger partial charge is 0.289 e. The van der Waals surface area contributed by atoms with Crippen molar-refractivity contribution in [3.8, 4) is 0 Å². The van der Waals surface area contributed by atoms with Gasteiger partial charge in [0.2, 0.25) is 0 Å². The first-order valence-corrected chi connectivity index (χ1v) is 3.87. The topological polar surface area (TPSA) is 0 Å². The highest BCUT2D eigenvalue weighted by molar-refractivity contribution is 7.99. The monoisotopic (exact) mass is 196 g/mol. The molecule has 0 radical (unpaired) electrons. The summed E-state index contributed by atoms with van der Waals surface area (Å²) in [6.07, 6.45) is 0. The van der Waals surface area contributed by atoms with E-state index >= 15 is 0 Å². The van der Waals surface area contributed by atoms with Gasteiger partial charge >= 0.3 is 0 Å². The number of rotatable bonds is 2. The van der Waals surface area contributed by atoms with E-state index in [-0.39, 0.29) is 16.7 Å². The Hall–Kier alpha value is -0.710. The maximum atomic E-state index is 12.6. The lowest BCUT2D eigenvalue weighted by molar-refractivity contribution is 0.251. The number of hydrogen-bond donors (Lipinski definition) is 0. The van der Waals surface area contributed by atoms with Gasteiger partial charge in [-0.05, 0) is 12.1 Å². The first-order chi connectivity index (χ1) is 5.59. The summed E-state index contributed by atoms with van der Waals surface area (Å²) >= 11 is 0.0587. The molecule has 66 valence electrons. The van der Waals surface area contributed by atoms with Gasteiger partial charge in [-0.25, -0.2) is 8.78 Å². The Balaban J connectivity index is 2.86. The van der Waals surface area contributed by atoms with Crippen LogP contribution in [0.5, 0.6) is 0 Å². The van der Waals surface area contributed by atoms with Crippen LogP contribution in [0, 0.1) is 11.6 Å². The van der Waals surface area contributed by atoms with Crippen LogP contribution in [-0.2, 0) is 0 Å². The summed E-state index contributed by atoms with van der Waals surface area (Å²) in [6, 6.07) is 2.50. The Morgan fingerprint density at radius 2 is 1.83 bits per heavy atom. The molecule has 0 atom stereocenters. The zero-order valence-electron chi connectivity index (χ0n) is 5.73. The molecule has 0 N–H and O–H groups in total. The van der Waals surface area contributed by atoms with Gasteiger partial charge in [-0.3, -0.25) is 0 Å². The first-order valence-electron chi connectivity index (χ1n) is 2.99. The number of alkyl halides is 2. The molecule has 5 heteroatoms. The van der Waals surface area contributed by atoms with Crippen molar-refractivity contribution >= 4 is 11.8 Å². The second-order valence-electron chi connectivity index (χ2n) is 1.95. The molecule has 0 spiro atoms. The highest BCUT2D eigenvalue weighted by Gasteiger charge is 2.10. The van der Waals surface area contributed by atoms with Gasteiger partial charge in [-0.1, -0.05) is 11.8 Å². The summed E-state index contributed by atoms with van der Waals surface area (Å²) in [4.78, 5) is -0.244. The molecular weight excluding hydrogens is 192 g/mol. The van der Waals surface area contributed by atoms with Crippen molar-refractivity contribution in [3.63, 3.8) is 0 Å². The van der Waals surface area contributed by atoms with E-state index in [1.807, 2.05) is 0 Å². The van der Waals surface area contributed by atoms with Crippen LogP contribution in [0.1, 0.15) is 0 Å². The molecule has 0 aliphatic rings. The van der Waals surface area contributed by atoms with Crippen LogP contribution >= 0.6 is 11.8 Å². The van der Waals surface area contributed by atoms with Crippen molar-refractivity contribution in [3.05, 3.63) is 29.8 Å². The summed E-state index contributed by atoms with van der Waals surface area (Å²) < 4.78 is 48.3. The van der Waals surface area contributed by atoms with Gasteiger partial charge in [-0.2, -0.15) is 8.78 Å². The minimum absolute atomic E-state index is 0.0587. The van der Waals surface area contributed by atoms with Gasteiger partial charge in [0.25, 0.3) is 5.76 Å². The van der Waals surface area contributed by atoms with E-state index in [2.05, 4.69) is 0 Å². The minimum atomic E-state index is -2.69. The van der Waals surface area contributed by atoms with E-state index in [1.54, 1.807) is 0 Å². The van der Waals surface area contributed by atoms with E-state index in [0.717, 1.165) is 12.1 Å². The maximum absolute atomic E-state index is 12.6. The van der Waals surface area contributed by atoms with Crippen LogP contribution < -0.4 is 0 Å². The van der Waals surface area contributed by atoms with Crippen LogP contribution in [0.4, 0.5) is 17.6 Å². The van der Waals surface area contributed by atoms with E-state index in [1.165, 1.54) is 0 Å². The molecule has 1 aromatic rings. The fourth-order valence-electron chi connectivity index (χ4n) is 0.667. The average Bonchev–Trinajstić information content (AvgIpc) is 1.94. The molecule has 0 saturated heterocycles. The third-order valence-corrected chi connectivity index (χ3v) is 1.87. The van der Waals surface area contributed by atoms with E-state index in [4.69, 9.17) is 0 Å². The molecule has 1 aromatic carbocycles. The van der Waals surface area contributed by atoms with Crippen molar-refractivity contribution in [2.75, 3.05) is 0 Å². The highest BCUT2D eigenvalue weighted by Crippen LogP contribution is 2.27. The molecule has 0 heterocycles. The third kappa shape index (κ3) is 2.41.